The van der Waals surface area contributed by atoms with Crippen LogP contribution in [0.3, 0.4) is 0 Å². The summed E-state index contributed by atoms with van der Waals surface area (Å²) in [6.45, 7) is 6.45. The van der Waals surface area contributed by atoms with Crippen molar-refractivity contribution in [3.63, 3.8) is 0 Å². The second kappa shape index (κ2) is 12.4. The van der Waals surface area contributed by atoms with Crippen LogP contribution in [0.1, 0.15) is 57.6 Å². The average Bonchev–Trinajstić information content (AvgIpc) is 3.39. The monoisotopic (exact) mass is 605 g/mol. The number of fused-ring (bicyclic) bond motifs is 3. The molecule has 1 amide bonds. The minimum atomic E-state index is -0.506. The van der Waals surface area contributed by atoms with Gasteiger partial charge in [-0.05, 0) is 82.2 Å². The highest BCUT2D eigenvalue weighted by molar-refractivity contribution is 5.81. The Labute approximate surface area is 260 Å². The molecule has 1 N–H and O–H groups in total. The molecule has 0 aliphatic heterocycles. The number of nitrogens with zero attached hydrogens (tertiary/aromatic N) is 6. The van der Waals surface area contributed by atoms with E-state index < -0.39 is 5.60 Å². The molecule has 0 saturated heterocycles. The third kappa shape index (κ3) is 6.96. The van der Waals surface area contributed by atoms with E-state index in [2.05, 4.69) is 26.3 Å². The molecule has 230 valence electrons. The van der Waals surface area contributed by atoms with Gasteiger partial charge in [0.2, 0.25) is 5.78 Å². The van der Waals surface area contributed by atoms with Crippen molar-refractivity contribution >= 4 is 22.9 Å². The van der Waals surface area contributed by atoms with Crippen LogP contribution in [-0.2, 0) is 11.3 Å². The Morgan fingerprint density at radius 2 is 1.84 bits per heavy atom. The zero-order valence-corrected chi connectivity index (χ0v) is 25.6. The minimum absolute atomic E-state index is 0.123. The van der Waals surface area contributed by atoms with Crippen LogP contribution < -0.4 is 15.6 Å². The lowest BCUT2D eigenvalue weighted by Crippen LogP contribution is -2.41. The molecule has 0 radical (unpaired) electrons. The summed E-state index contributed by atoms with van der Waals surface area (Å²) < 4.78 is 14.8. The lowest BCUT2D eigenvalue weighted by atomic mass is 9.86. The van der Waals surface area contributed by atoms with Crippen LogP contribution in [0, 0.1) is 17.2 Å². The van der Waals surface area contributed by atoms with E-state index >= 15 is 0 Å². The molecule has 0 spiro atoms. The van der Waals surface area contributed by atoms with Crippen molar-refractivity contribution < 1.29 is 14.3 Å². The van der Waals surface area contributed by atoms with Gasteiger partial charge < -0.3 is 14.8 Å². The van der Waals surface area contributed by atoms with Crippen molar-refractivity contribution in [1.82, 2.24) is 29.2 Å². The highest BCUT2D eigenvalue weighted by Gasteiger charge is 2.25. The molecule has 11 heteroatoms. The zero-order valence-electron chi connectivity index (χ0n) is 25.6. The van der Waals surface area contributed by atoms with E-state index in [-0.39, 0.29) is 17.7 Å². The van der Waals surface area contributed by atoms with E-state index in [0.717, 1.165) is 42.3 Å². The Balaban J connectivity index is 1.08. The molecule has 2 aromatic carbocycles. The smallest absolute Gasteiger partial charge is 0.407 e. The van der Waals surface area contributed by atoms with Gasteiger partial charge in [-0.25, -0.2) is 19.7 Å². The molecule has 1 fully saturated rings. The molecule has 0 bridgehead atoms. The number of nitrogens with one attached hydrogen (secondary N) is 1. The minimum Gasteiger partial charge on any atom is -0.490 e. The fourth-order valence-corrected chi connectivity index (χ4v) is 5.66. The Kier molecular flexibility index (Phi) is 8.22. The van der Waals surface area contributed by atoms with Gasteiger partial charge in [-0.3, -0.25) is 13.8 Å². The molecule has 3 heterocycles. The van der Waals surface area contributed by atoms with E-state index in [0.29, 0.717) is 47.5 Å². The van der Waals surface area contributed by atoms with Gasteiger partial charge in [0.25, 0.3) is 5.56 Å². The number of aromatic nitrogens is 5. The lowest BCUT2D eigenvalue weighted by Gasteiger charge is -2.30. The average molecular weight is 606 g/mol. The number of imidazole rings is 1. The van der Waals surface area contributed by atoms with Crippen LogP contribution in [0.2, 0.25) is 0 Å². The van der Waals surface area contributed by atoms with E-state index in [1.165, 1.54) is 6.07 Å². The van der Waals surface area contributed by atoms with E-state index in [4.69, 9.17) is 9.47 Å². The third-order valence-electron chi connectivity index (χ3n) is 7.88. The van der Waals surface area contributed by atoms with Crippen LogP contribution >= 0.6 is 0 Å². The molecular formula is C34H35N7O4. The number of carbonyl (C=O) groups excluding carboxylic acids is 1. The predicted octanol–water partition coefficient (Wildman–Crippen LogP) is 5.49. The summed E-state index contributed by atoms with van der Waals surface area (Å²) in [5.74, 6) is 2.06. The van der Waals surface area contributed by atoms with Crippen LogP contribution in [-0.4, -0.2) is 48.3 Å². The van der Waals surface area contributed by atoms with Crippen molar-refractivity contribution in [2.24, 2.45) is 5.92 Å². The normalized spacial score (nSPS) is 16.8. The number of alkyl carbamates (subject to hydrolysis) is 1. The fourth-order valence-electron chi connectivity index (χ4n) is 5.66. The molecule has 1 saturated carbocycles. The number of rotatable bonds is 7. The number of benzene rings is 2. The van der Waals surface area contributed by atoms with Crippen LogP contribution in [0.25, 0.3) is 28.2 Å². The van der Waals surface area contributed by atoms with Gasteiger partial charge in [0, 0.05) is 23.9 Å². The Bertz CT molecular complexity index is 1940. The standard InChI is InChI=1S/C34H35N7O4/c1-34(2,3)45-33(43)38-26-10-7-22(8-11-26)21-44-27-18-36-31(37-19-27)25-6-4-5-24(15-25)20-41-30(42)13-14-40-29-16-23(17-35)9-12-28(29)39-32(40)41/h4-6,9,12-16,18-19,22,26H,7-8,10-11,20-21H2,1-3H3,(H,38,43). The SMILES string of the molecule is CC(C)(C)OC(=O)NC1CCC(COc2cnc(-c3cccc(Cn4c(=O)ccn5c6cc(C#N)ccc6nc45)c3)nc2)CC1. The van der Waals surface area contributed by atoms with E-state index in [1.807, 2.05) is 49.4 Å². The molecular weight excluding hydrogens is 570 g/mol. The second-order valence-electron chi connectivity index (χ2n) is 12.5. The maximum absolute atomic E-state index is 12.9. The summed E-state index contributed by atoms with van der Waals surface area (Å²) in [6, 6.07) is 16.8. The molecule has 6 rings (SSSR count). The zero-order chi connectivity index (χ0) is 31.6. The summed E-state index contributed by atoms with van der Waals surface area (Å²) >= 11 is 0. The summed E-state index contributed by atoms with van der Waals surface area (Å²) in [4.78, 5) is 38.7. The topological polar surface area (TPSA) is 136 Å². The molecule has 5 aromatic rings. The molecule has 45 heavy (non-hydrogen) atoms. The van der Waals surface area contributed by atoms with Crippen molar-refractivity contribution in [1.29, 1.82) is 5.26 Å². The maximum Gasteiger partial charge on any atom is 0.407 e. The number of ether oxygens (including phenoxy) is 2. The Hall–Kier alpha value is -5.24. The Morgan fingerprint density at radius 3 is 2.58 bits per heavy atom. The highest BCUT2D eigenvalue weighted by atomic mass is 16.6. The number of hydrogen-bond acceptors (Lipinski definition) is 8. The summed E-state index contributed by atoms with van der Waals surface area (Å²) in [7, 11) is 0. The molecule has 3 aromatic heterocycles. The quantitative estimate of drug-likeness (QED) is 0.257. The molecule has 0 atom stereocenters. The second-order valence-corrected chi connectivity index (χ2v) is 12.5. The number of carbonyl (C=O) groups is 1. The first-order valence-electron chi connectivity index (χ1n) is 15.1. The van der Waals surface area contributed by atoms with Gasteiger partial charge in [-0.15, -0.1) is 0 Å². The molecule has 1 aliphatic rings. The third-order valence-corrected chi connectivity index (χ3v) is 7.88. The highest BCUT2D eigenvalue weighted by Crippen LogP contribution is 2.26. The van der Waals surface area contributed by atoms with E-state index in [1.54, 1.807) is 41.4 Å². The van der Waals surface area contributed by atoms with Gasteiger partial charge >= 0.3 is 6.09 Å². The van der Waals surface area contributed by atoms with Gasteiger partial charge in [0.05, 0.1) is 48.2 Å². The lowest BCUT2D eigenvalue weighted by molar-refractivity contribution is 0.0483. The van der Waals surface area contributed by atoms with Gasteiger partial charge in [0.15, 0.2) is 11.6 Å². The van der Waals surface area contributed by atoms with Gasteiger partial charge in [-0.1, -0.05) is 18.2 Å². The van der Waals surface area contributed by atoms with Crippen molar-refractivity contribution in [2.75, 3.05) is 6.61 Å². The van der Waals surface area contributed by atoms with Crippen LogP contribution in [0.4, 0.5) is 4.79 Å². The van der Waals surface area contributed by atoms with Gasteiger partial charge in [0.1, 0.15) is 5.60 Å². The van der Waals surface area contributed by atoms with Gasteiger partial charge in [-0.2, -0.15) is 5.26 Å². The number of amides is 1. The number of nitriles is 1. The first-order valence-corrected chi connectivity index (χ1v) is 15.1. The van der Waals surface area contributed by atoms with Crippen LogP contribution in [0.15, 0.2) is 71.9 Å². The van der Waals surface area contributed by atoms with Crippen molar-refractivity contribution in [2.45, 2.75) is 64.6 Å². The first kappa shape index (κ1) is 29.8. The van der Waals surface area contributed by atoms with Crippen LogP contribution in [0.5, 0.6) is 5.75 Å². The molecule has 11 nitrogen and oxygen atoms in total. The summed E-state index contributed by atoms with van der Waals surface area (Å²) in [5, 5.41) is 12.3. The predicted molar refractivity (Wildman–Crippen MR) is 169 cm³/mol. The first-order chi connectivity index (χ1) is 21.6. The largest absolute Gasteiger partial charge is 0.490 e. The van der Waals surface area contributed by atoms with Crippen molar-refractivity contribution in [3.05, 3.63) is 88.6 Å². The summed E-state index contributed by atoms with van der Waals surface area (Å²) in [6.07, 6.45) is 8.38. The van der Waals surface area contributed by atoms with Crippen molar-refractivity contribution in [3.8, 4) is 23.2 Å². The maximum atomic E-state index is 12.9. The number of hydrogen-bond donors (Lipinski definition) is 1. The summed E-state index contributed by atoms with van der Waals surface area (Å²) in [5.41, 5.74) is 3.05. The van der Waals surface area contributed by atoms with E-state index in [9.17, 15) is 14.9 Å². The fraction of sp³-hybridized carbons (Fsp3) is 0.353. The molecule has 0 unspecified atom stereocenters. The molecule has 1 aliphatic carbocycles. The Morgan fingerprint density at radius 1 is 1.07 bits per heavy atom.